The first-order valence-electron chi connectivity index (χ1n) is 6.40. The summed E-state index contributed by atoms with van der Waals surface area (Å²) in [5.74, 6) is -0.252. The van der Waals surface area contributed by atoms with Crippen molar-refractivity contribution in [3.8, 4) is 0 Å². The number of thiocarbonyl (C=S) groups is 1. The molecule has 0 aliphatic rings. The second-order valence-corrected chi connectivity index (χ2v) is 5.58. The fraction of sp³-hybridized carbons (Fsp3) is 0.214. The molecule has 0 saturated heterocycles. The Morgan fingerprint density at radius 3 is 2.81 bits per heavy atom. The smallest absolute Gasteiger partial charge is 0.311 e. The molecular formula is C14H15N3O2S2. The van der Waals surface area contributed by atoms with Crippen molar-refractivity contribution < 1.29 is 9.53 Å². The van der Waals surface area contributed by atoms with Crippen molar-refractivity contribution in [2.24, 2.45) is 0 Å². The molecule has 2 N–H and O–H groups in total. The molecule has 0 saturated carbocycles. The lowest BCUT2D eigenvalue weighted by Crippen LogP contribution is -2.18. The number of rotatable bonds is 5. The number of ether oxygens (including phenoxy) is 1. The zero-order valence-electron chi connectivity index (χ0n) is 11.5. The molecule has 2 rings (SSSR count). The maximum absolute atomic E-state index is 11.4. The molecule has 0 aliphatic heterocycles. The van der Waals surface area contributed by atoms with Crippen LogP contribution < -0.4 is 10.6 Å². The Labute approximate surface area is 132 Å². The van der Waals surface area contributed by atoms with Crippen molar-refractivity contribution in [1.82, 2.24) is 4.98 Å². The molecule has 21 heavy (non-hydrogen) atoms. The number of anilines is 2. The highest BCUT2D eigenvalue weighted by Gasteiger charge is 2.09. The molecule has 0 amide bonds. The van der Waals surface area contributed by atoms with Crippen LogP contribution in [0.5, 0.6) is 0 Å². The van der Waals surface area contributed by atoms with Gasteiger partial charge in [-0.05, 0) is 31.3 Å². The Morgan fingerprint density at radius 1 is 1.33 bits per heavy atom. The summed E-state index contributed by atoms with van der Waals surface area (Å²) in [7, 11) is 0. The van der Waals surface area contributed by atoms with E-state index in [1.807, 2.05) is 30.3 Å². The molecule has 0 unspecified atom stereocenters. The third-order valence-electron chi connectivity index (χ3n) is 2.43. The first-order valence-corrected chi connectivity index (χ1v) is 7.63. The van der Waals surface area contributed by atoms with Crippen LogP contribution in [0.25, 0.3) is 0 Å². The zero-order chi connectivity index (χ0) is 15.1. The van der Waals surface area contributed by atoms with E-state index in [1.165, 1.54) is 11.3 Å². The lowest BCUT2D eigenvalue weighted by molar-refractivity contribution is -0.142. The number of nitrogens with zero attached hydrogens (tertiary/aromatic N) is 1. The number of nitrogens with one attached hydrogen (secondary N) is 2. The quantitative estimate of drug-likeness (QED) is 0.652. The molecule has 7 heteroatoms. The van der Waals surface area contributed by atoms with Gasteiger partial charge in [0.05, 0.1) is 13.0 Å². The SMILES string of the molecule is CCOC(=O)Cc1cnc(NC(=S)Nc2ccccc2)s1. The van der Waals surface area contributed by atoms with Crippen molar-refractivity contribution >= 4 is 45.5 Å². The number of thiazole rings is 1. The average Bonchev–Trinajstić information content (AvgIpc) is 2.87. The van der Waals surface area contributed by atoms with Crippen LogP contribution in [0.4, 0.5) is 10.8 Å². The lowest BCUT2D eigenvalue weighted by atomic mass is 10.3. The molecule has 0 bridgehead atoms. The van der Waals surface area contributed by atoms with E-state index < -0.39 is 0 Å². The van der Waals surface area contributed by atoms with Crippen molar-refractivity contribution in [2.75, 3.05) is 17.2 Å². The molecule has 2 aromatic rings. The number of hydrogen-bond acceptors (Lipinski definition) is 5. The van der Waals surface area contributed by atoms with Crippen molar-refractivity contribution in [1.29, 1.82) is 0 Å². The number of esters is 1. The van der Waals surface area contributed by atoms with Gasteiger partial charge in [-0.15, -0.1) is 11.3 Å². The number of carbonyl (C=O) groups is 1. The molecule has 0 spiro atoms. The van der Waals surface area contributed by atoms with Gasteiger partial charge in [-0.2, -0.15) is 0 Å². The summed E-state index contributed by atoms with van der Waals surface area (Å²) < 4.78 is 4.90. The predicted octanol–water partition coefficient (Wildman–Crippen LogP) is 3.06. The second-order valence-electron chi connectivity index (χ2n) is 4.06. The Morgan fingerprint density at radius 2 is 2.10 bits per heavy atom. The molecule has 0 aliphatic carbocycles. The molecular weight excluding hydrogens is 306 g/mol. The molecule has 5 nitrogen and oxygen atoms in total. The van der Waals surface area contributed by atoms with Gasteiger partial charge in [0.1, 0.15) is 0 Å². The highest BCUT2D eigenvalue weighted by Crippen LogP contribution is 2.19. The molecule has 110 valence electrons. The number of benzene rings is 1. The number of hydrogen-bond donors (Lipinski definition) is 2. The molecule has 0 radical (unpaired) electrons. The van der Waals surface area contributed by atoms with Gasteiger partial charge in [-0.1, -0.05) is 18.2 Å². The van der Waals surface area contributed by atoms with Crippen molar-refractivity contribution in [3.63, 3.8) is 0 Å². The van der Waals surface area contributed by atoms with Crippen LogP contribution in [-0.2, 0) is 16.0 Å². The van der Waals surface area contributed by atoms with Crippen LogP contribution in [-0.4, -0.2) is 22.7 Å². The monoisotopic (exact) mass is 321 g/mol. The van der Waals surface area contributed by atoms with Gasteiger partial charge in [-0.25, -0.2) is 4.98 Å². The van der Waals surface area contributed by atoms with E-state index in [9.17, 15) is 4.79 Å². The topological polar surface area (TPSA) is 63.2 Å². The van der Waals surface area contributed by atoms with Gasteiger partial charge in [0.2, 0.25) is 0 Å². The largest absolute Gasteiger partial charge is 0.466 e. The average molecular weight is 321 g/mol. The van der Waals surface area contributed by atoms with E-state index in [0.29, 0.717) is 16.9 Å². The molecule has 0 atom stereocenters. The highest BCUT2D eigenvalue weighted by atomic mass is 32.1. The van der Waals surface area contributed by atoms with Crippen LogP contribution in [0.2, 0.25) is 0 Å². The third-order valence-corrected chi connectivity index (χ3v) is 3.55. The molecule has 1 heterocycles. The van der Waals surface area contributed by atoms with Crippen molar-refractivity contribution in [3.05, 3.63) is 41.4 Å². The summed E-state index contributed by atoms with van der Waals surface area (Å²) in [6.45, 7) is 2.17. The number of carbonyl (C=O) groups excluding carboxylic acids is 1. The van der Waals surface area contributed by atoms with E-state index in [2.05, 4.69) is 15.6 Å². The standard InChI is InChI=1S/C14H15N3O2S2/c1-2-19-12(18)8-11-9-15-14(21-11)17-13(20)16-10-6-4-3-5-7-10/h3-7,9H,2,8H2,1H3,(H2,15,16,17,20). The maximum Gasteiger partial charge on any atom is 0.311 e. The zero-order valence-corrected chi connectivity index (χ0v) is 13.1. The molecule has 0 fully saturated rings. The Kier molecular flexibility index (Phi) is 5.65. The predicted molar refractivity (Wildman–Crippen MR) is 88.7 cm³/mol. The van der Waals surface area contributed by atoms with Gasteiger partial charge >= 0.3 is 5.97 Å². The van der Waals surface area contributed by atoms with Crippen LogP contribution in [0.15, 0.2) is 36.5 Å². The minimum atomic E-state index is -0.252. The number of para-hydroxylation sites is 1. The van der Waals surface area contributed by atoms with Crippen LogP contribution in [0.1, 0.15) is 11.8 Å². The van der Waals surface area contributed by atoms with Gasteiger partial charge in [0.25, 0.3) is 0 Å². The van der Waals surface area contributed by atoms with E-state index >= 15 is 0 Å². The lowest BCUT2D eigenvalue weighted by Gasteiger charge is -2.07. The van der Waals surface area contributed by atoms with E-state index in [-0.39, 0.29) is 12.4 Å². The fourth-order valence-corrected chi connectivity index (χ4v) is 2.66. The highest BCUT2D eigenvalue weighted by molar-refractivity contribution is 7.80. The first kappa shape index (κ1) is 15.4. The minimum absolute atomic E-state index is 0.228. The van der Waals surface area contributed by atoms with E-state index in [1.54, 1.807) is 13.1 Å². The van der Waals surface area contributed by atoms with Crippen LogP contribution >= 0.6 is 23.6 Å². The molecule has 1 aromatic carbocycles. The van der Waals surface area contributed by atoms with Gasteiger partial charge < -0.3 is 15.4 Å². The van der Waals surface area contributed by atoms with Crippen molar-refractivity contribution in [2.45, 2.75) is 13.3 Å². The summed E-state index contributed by atoms with van der Waals surface area (Å²) in [4.78, 5) is 16.4. The third kappa shape index (κ3) is 5.13. The van der Waals surface area contributed by atoms with Gasteiger partial charge in [-0.3, -0.25) is 4.79 Å². The fourth-order valence-electron chi connectivity index (χ4n) is 1.58. The van der Waals surface area contributed by atoms with Crippen LogP contribution in [0, 0.1) is 0 Å². The maximum atomic E-state index is 11.4. The Bertz CT molecular complexity index is 614. The van der Waals surface area contributed by atoms with Crippen LogP contribution in [0.3, 0.4) is 0 Å². The summed E-state index contributed by atoms with van der Waals surface area (Å²) in [5, 5.41) is 7.15. The first-order chi connectivity index (χ1) is 10.2. The van der Waals surface area contributed by atoms with Gasteiger partial charge in [0.15, 0.2) is 10.2 Å². The Hall–Kier alpha value is -1.99. The summed E-state index contributed by atoms with van der Waals surface area (Å²) in [5.41, 5.74) is 0.901. The van der Waals surface area contributed by atoms with E-state index in [0.717, 1.165) is 10.6 Å². The Balaban J connectivity index is 1.87. The summed E-state index contributed by atoms with van der Waals surface area (Å²) >= 11 is 6.58. The summed E-state index contributed by atoms with van der Waals surface area (Å²) in [6.07, 6.45) is 1.88. The second kappa shape index (κ2) is 7.70. The summed E-state index contributed by atoms with van der Waals surface area (Å²) in [6, 6.07) is 9.62. The van der Waals surface area contributed by atoms with E-state index in [4.69, 9.17) is 17.0 Å². The normalized spacial score (nSPS) is 9.95. The molecule has 1 aromatic heterocycles. The van der Waals surface area contributed by atoms with Gasteiger partial charge in [0, 0.05) is 16.8 Å². The number of aromatic nitrogens is 1. The minimum Gasteiger partial charge on any atom is -0.466 e.